The second kappa shape index (κ2) is 11.4. The molecule has 9 aromatic rings. The largest absolute Gasteiger partial charge is 0.454 e. The zero-order chi connectivity index (χ0) is 31.2. The van der Waals surface area contributed by atoms with Crippen LogP contribution in [0.1, 0.15) is 0 Å². The molecule has 7 aromatic carbocycles. The lowest BCUT2D eigenvalue weighted by Crippen LogP contribution is -2.10. The van der Waals surface area contributed by atoms with Crippen molar-refractivity contribution in [3.05, 3.63) is 170 Å². The fourth-order valence-corrected chi connectivity index (χ4v) is 7.44. The van der Waals surface area contributed by atoms with Crippen LogP contribution in [0.2, 0.25) is 0 Å². The summed E-state index contributed by atoms with van der Waals surface area (Å²) in [7, 11) is 0. The molecule has 2 aromatic heterocycles. The minimum absolute atomic E-state index is 0.835. The lowest BCUT2D eigenvalue weighted by molar-refractivity contribution is 0.669. The van der Waals surface area contributed by atoms with Crippen LogP contribution in [0, 0.1) is 0 Å². The molecule has 2 heterocycles. The normalized spacial score (nSPS) is 11.4. The van der Waals surface area contributed by atoms with Gasteiger partial charge in [-0.3, -0.25) is 0 Å². The molecule has 9 rings (SSSR count). The number of para-hydroxylation sites is 1. The Balaban J connectivity index is 1.25. The first-order valence-corrected chi connectivity index (χ1v) is 16.5. The molecule has 222 valence electrons. The Morgan fingerprint density at radius 2 is 1.11 bits per heavy atom. The SMILES string of the molecule is c1ccc(-c2ccc(N(c3cccc(-c4ccccc4)c3)c3cccc4c3oc3ccc5sc(-c6ccccc6)nc5c34)cc2)cc1. The zero-order valence-electron chi connectivity index (χ0n) is 25.4. The second-order valence-corrected chi connectivity index (χ2v) is 12.6. The molecule has 0 spiro atoms. The van der Waals surface area contributed by atoms with E-state index in [9.17, 15) is 0 Å². The van der Waals surface area contributed by atoms with Gasteiger partial charge in [-0.15, -0.1) is 11.3 Å². The monoisotopic (exact) mass is 620 g/mol. The molecule has 0 aliphatic heterocycles. The summed E-state index contributed by atoms with van der Waals surface area (Å²) in [6, 6.07) is 59.6. The van der Waals surface area contributed by atoms with Crippen molar-refractivity contribution in [1.29, 1.82) is 0 Å². The van der Waals surface area contributed by atoms with Crippen LogP contribution in [-0.4, -0.2) is 4.98 Å². The van der Waals surface area contributed by atoms with Crippen molar-refractivity contribution in [2.45, 2.75) is 0 Å². The van der Waals surface area contributed by atoms with Gasteiger partial charge in [-0.1, -0.05) is 127 Å². The van der Waals surface area contributed by atoms with Gasteiger partial charge < -0.3 is 9.32 Å². The molecule has 0 unspecified atom stereocenters. The van der Waals surface area contributed by atoms with Crippen LogP contribution < -0.4 is 4.90 Å². The van der Waals surface area contributed by atoms with Gasteiger partial charge >= 0.3 is 0 Å². The first kappa shape index (κ1) is 27.3. The summed E-state index contributed by atoms with van der Waals surface area (Å²) < 4.78 is 7.91. The number of anilines is 3. The minimum Gasteiger partial charge on any atom is -0.454 e. The molecule has 0 amide bonds. The number of rotatable bonds is 6. The van der Waals surface area contributed by atoms with E-state index in [0.29, 0.717) is 0 Å². The van der Waals surface area contributed by atoms with E-state index in [1.165, 1.54) is 16.7 Å². The van der Waals surface area contributed by atoms with E-state index in [0.717, 1.165) is 65.4 Å². The molecular formula is C43H28N2OS. The highest BCUT2D eigenvalue weighted by atomic mass is 32.1. The van der Waals surface area contributed by atoms with Gasteiger partial charge in [0.15, 0.2) is 5.58 Å². The van der Waals surface area contributed by atoms with Crippen molar-refractivity contribution >= 4 is 60.6 Å². The van der Waals surface area contributed by atoms with Gasteiger partial charge in [-0.2, -0.15) is 0 Å². The van der Waals surface area contributed by atoms with Crippen LogP contribution in [0.4, 0.5) is 17.1 Å². The molecular weight excluding hydrogens is 593 g/mol. The van der Waals surface area contributed by atoms with Crippen molar-refractivity contribution in [3.63, 3.8) is 0 Å². The van der Waals surface area contributed by atoms with Gasteiger partial charge in [0.25, 0.3) is 0 Å². The van der Waals surface area contributed by atoms with Crippen molar-refractivity contribution in [1.82, 2.24) is 4.98 Å². The van der Waals surface area contributed by atoms with Gasteiger partial charge in [-0.05, 0) is 64.7 Å². The number of fused-ring (bicyclic) bond motifs is 5. The van der Waals surface area contributed by atoms with Crippen LogP contribution in [0.3, 0.4) is 0 Å². The van der Waals surface area contributed by atoms with E-state index < -0.39 is 0 Å². The number of aromatic nitrogens is 1. The van der Waals surface area contributed by atoms with Gasteiger partial charge in [0.1, 0.15) is 10.6 Å². The van der Waals surface area contributed by atoms with Crippen LogP contribution in [-0.2, 0) is 0 Å². The molecule has 0 N–H and O–H groups in total. The molecule has 0 bridgehead atoms. The predicted molar refractivity (Wildman–Crippen MR) is 198 cm³/mol. The smallest absolute Gasteiger partial charge is 0.159 e. The summed E-state index contributed by atoms with van der Waals surface area (Å²) in [4.78, 5) is 7.46. The number of thiazole rings is 1. The number of benzene rings is 7. The van der Waals surface area contributed by atoms with Crippen LogP contribution >= 0.6 is 11.3 Å². The van der Waals surface area contributed by atoms with Gasteiger partial charge in [0.05, 0.1) is 21.3 Å². The highest BCUT2D eigenvalue weighted by Crippen LogP contribution is 2.45. The van der Waals surface area contributed by atoms with Gasteiger partial charge in [0.2, 0.25) is 0 Å². The average Bonchev–Trinajstić information content (AvgIpc) is 3.76. The Kier molecular flexibility index (Phi) is 6.65. The molecule has 0 saturated carbocycles. The third-order valence-corrected chi connectivity index (χ3v) is 9.77. The Labute approximate surface area is 276 Å². The molecule has 0 fully saturated rings. The topological polar surface area (TPSA) is 29.3 Å². The van der Waals surface area contributed by atoms with E-state index in [1.54, 1.807) is 11.3 Å². The quantitative estimate of drug-likeness (QED) is 0.185. The third kappa shape index (κ3) is 4.87. The molecule has 0 radical (unpaired) electrons. The van der Waals surface area contributed by atoms with E-state index in [2.05, 4.69) is 169 Å². The Morgan fingerprint density at radius 1 is 0.489 bits per heavy atom. The second-order valence-electron chi connectivity index (χ2n) is 11.6. The summed E-state index contributed by atoms with van der Waals surface area (Å²) in [5.74, 6) is 0. The Hall–Kier alpha value is -5.97. The van der Waals surface area contributed by atoms with Crippen molar-refractivity contribution in [2.24, 2.45) is 0 Å². The first-order valence-electron chi connectivity index (χ1n) is 15.7. The molecule has 47 heavy (non-hydrogen) atoms. The standard InChI is InChI=1S/C43H28N2OS/c1-4-12-29(13-5-1)31-22-24-34(25-23-31)45(35-19-10-18-33(28-35)30-14-6-2-7-15-30)37-21-11-20-36-40-38(46-42(36)37)26-27-39-41(40)44-43(47-39)32-16-8-3-9-17-32/h1-28H. The molecule has 0 saturated heterocycles. The minimum atomic E-state index is 0.835. The molecule has 0 atom stereocenters. The fourth-order valence-electron chi connectivity index (χ4n) is 6.46. The maximum Gasteiger partial charge on any atom is 0.159 e. The summed E-state index contributed by atoms with van der Waals surface area (Å²) >= 11 is 1.72. The summed E-state index contributed by atoms with van der Waals surface area (Å²) in [5.41, 5.74) is 11.6. The summed E-state index contributed by atoms with van der Waals surface area (Å²) in [6.45, 7) is 0. The van der Waals surface area contributed by atoms with Gasteiger partial charge in [-0.25, -0.2) is 4.98 Å². The zero-order valence-corrected chi connectivity index (χ0v) is 26.2. The van der Waals surface area contributed by atoms with Crippen LogP contribution in [0.25, 0.3) is 65.0 Å². The highest BCUT2D eigenvalue weighted by Gasteiger charge is 2.22. The van der Waals surface area contributed by atoms with Gasteiger partial charge in [0, 0.05) is 22.3 Å². The number of hydrogen-bond donors (Lipinski definition) is 0. The van der Waals surface area contributed by atoms with Crippen molar-refractivity contribution < 1.29 is 4.42 Å². The highest BCUT2D eigenvalue weighted by molar-refractivity contribution is 7.21. The molecule has 3 nitrogen and oxygen atoms in total. The molecule has 0 aliphatic rings. The maximum atomic E-state index is 6.76. The van der Waals surface area contributed by atoms with Crippen molar-refractivity contribution in [2.75, 3.05) is 4.90 Å². The van der Waals surface area contributed by atoms with Crippen LogP contribution in [0.5, 0.6) is 0 Å². The third-order valence-electron chi connectivity index (χ3n) is 8.70. The lowest BCUT2D eigenvalue weighted by Gasteiger charge is -2.26. The summed E-state index contributed by atoms with van der Waals surface area (Å²) in [6.07, 6.45) is 0. The van der Waals surface area contributed by atoms with E-state index in [4.69, 9.17) is 9.40 Å². The predicted octanol–water partition coefficient (Wildman–Crippen LogP) is 12.7. The fraction of sp³-hybridized carbons (Fsp3) is 0. The summed E-state index contributed by atoms with van der Waals surface area (Å²) in [5, 5.41) is 3.12. The number of hydrogen-bond acceptors (Lipinski definition) is 4. The lowest BCUT2D eigenvalue weighted by atomic mass is 10.0. The Morgan fingerprint density at radius 3 is 1.83 bits per heavy atom. The van der Waals surface area contributed by atoms with E-state index in [-0.39, 0.29) is 0 Å². The maximum absolute atomic E-state index is 6.76. The van der Waals surface area contributed by atoms with Crippen LogP contribution in [0.15, 0.2) is 174 Å². The first-order chi connectivity index (χ1) is 23.3. The average molecular weight is 621 g/mol. The Bertz CT molecular complexity index is 2500. The van der Waals surface area contributed by atoms with E-state index >= 15 is 0 Å². The number of furan rings is 1. The molecule has 0 aliphatic carbocycles. The van der Waals surface area contributed by atoms with E-state index in [1.807, 2.05) is 6.07 Å². The number of nitrogens with zero attached hydrogens (tertiary/aromatic N) is 2. The molecule has 4 heteroatoms. The van der Waals surface area contributed by atoms with Crippen molar-refractivity contribution in [3.8, 4) is 32.8 Å².